The molecule has 0 saturated carbocycles. The van der Waals surface area contributed by atoms with E-state index < -0.39 is 0 Å². The summed E-state index contributed by atoms with van der Waals surface area (Å²) in [5.74, 6) is 0.422. The zero-order valence-corrected chi connectivity index (χ0v) is 10.5. The standard InChI is InChI=1S/C14H21FO/c1-5-10(6-2)13-8-11(15)7-12(9(3)4)14(13)16/h7-10,16H,5-6H2,1-4H3. The zero-order chi connectivity index (χ0) is 12.3. The molecular formula is C14H21FO. The van der Waals surface area contributed by atoms with Gasteiger partial charge in [-0.2, -0.15) is 0 Å². The maximum Gasteiger partial charge on any atom is 0.124 e. The second-order valence-corrected chi connectivity index (χ2v) is 4.60. The molecule has 0 bridgehead atoms. The van der Waals surface area contributed by atoms with E-state index in [4.69, 9.17) is 0 Å². The summed E-state index contributed by atoms with van der Waals surface area (Å²) >= 11 is 0. The van der Waals surface area contributed by atoms with Crippen molar-refractivity contribution in [3.05, 3.63) is 29.1 Å². The van der Waals surface area contributed by atoms with Gasteiger partial charge in [-0.15, -0.1) is 0 Å². The van der Waals surface area contributed by atoms with Gasteiger partial charge in [-0.1, -0.05) is 27.7 Å². The van der Waals surface area contributed by atoms with E-state index >= 15 is 0 Å². The third-order valence-corrected chi connectivity index (χ3v) is 3.18. The second-order valence-electron chi connectivity index (χ2n) is 4.60. The third kappa shape index (κ3) is 2.55. The molecule has 1 rings (SSSR count). The molecule has 1 aromatic rings. The number of halogens is 1. The van der Waals surface area contributed by atoms with Crippen LogP contribution in [-0.2, 0) is 0 Å². The van der Waals surface area contributed by atoms with Crippen LogP contribution in [0, 0.1) is 5.82 Å². The molecule has 1 N–H and O–H groups in total. The molecule has 1 aromatic carbocycles. The molecule has 0 aliphatic carbocycles. The monoisotopic (exact) mass is 224 g/mol. The summed E-state index contributed by atoms with van der Waals surface area (Å²) in [7, 11) is 0. The Morgan fingerprint density at radius 1 is 1.12 bits per heavy atom. The van der Waals surface area contributed by atoms with Gasteiger partial charge in [0.25, 0.3) is 0 Å². The van der Waals surface area contributed by atoms with Crippen LogP contribution in [0.5, 0.6) is 5.75 Å². The summed E-state index contributed by atoms with van der Waals surface area (Å²) in [5, 5.41) is 10.1. The lowest BCUT2D eigenvalue weighted by molar-refractivity contribution is 0.443. The average Bonchev–Trinajstić information content (AvgIpc) is 2.23. The third-order valence-electron chi connectivity index (χ3n) is 3.18. The van der Waals surface area contributed by atoms with Crippen LogP contribution in [0.1, 0.15) is 63.5 Å². The smallest absolute Gasteiger partial charge is 0.124 e. The molecular weight excluding hydrogens is 203 g/mol. The zero-order valence-electron chi connectivity index (χ0n) is 10.5. The predicted octanol–water partition coefficient (Wildman–Crippen LogP) is 4.56. The van der Waals surface area contributed by atoms with E-state index in [1.165, 1.54) is 12.1 Å². The van der Waals surface area contributed by atoms with Crippen LogP contribution in [0.4, 0.5) is 4.39 Å². The first-order valence-electron chi connectivity index (χ1n) is 6.03. The fourth-order valence-electron chi connectivity index (χ4n) is 2.12. The minimum Gasteiger partial charge on any atom is -0.507 e. The number of phenolic OH excluding ortho intramolecular Hbond substituents is 1. The van der Waals surface area contributed by atoms with E-state index in [0.717, 1.165) is 18.4 Å². The molecule has 0 aliphatic rings. The topological polar surface area (TPSA) is 20.2 Å². The van der Waals surface area contributed by atoms with Crippen molar-refractivity contribution in [3.63, 3.8) is 0 Å². The van der Waals surface area contributed by atoms with Gasteiger partial charge in [0.2, 0.25) is 0 Å². The summed E-state index contributed by atoms with van der Waals surface area (Å²) in [4.78, 5) is 0. The molecule has 0 aliphatic heterocycles. The second kappa shape index (κ2) is 5.33. The van der Waals surface area contributed by atoms with Crippen molar-refractivity contribution in [2.24, 2.45) is 0 Å². The SMILES string of the molecule is CCC(CC)c1cc(F)cc(C(C)C)c1O. The lowest BCUT2D eigenvalue weighted by Crippen LogP contribution is -2.01. The molecule has 0 amide bonds. The van der Waals surface area contributed by atoms with E-state index in [1.807, 2.05) is 13.8 Å². The lowest BCUT2D eigenvalue weighted by atomic mass is 9.89. The van der Waals surface area contributed by atoms with Crippen molar-refractivity contribution in [2.45, 2.75) is 52.4 Å². The van der Waals surface area contributed by atoms with Gasteiger partial charge in [-0.05, 0) is 42.4 Å². The predicted molar refractivity (Wildman–Crippen MR) is 65.5 cm³/mol. The Kier molecular flexibility index (Phi) is 4.34. The number of benzene rings is 1. The minimum absolute atomic E-state index is 0.142. The van der Waals surface area contributed by atoms with Crippen molar-refractivity contribution >= 4 is 0 Å². The van der Waals surface area contributed by atoms with Crippen LogP contribution in [0.15, 0.2) is 12.1 Å². The van der Waals surface area contributed by atoms with Gasteiger partial charge < -0.3 is 5.11 Å². The summed E-state index contributed by atoms with van der Waals surface area (Å²) in [6.07, 6.45) is 1.84. The number of hydrogen-bond acceptors (Lipinski definition) is 1. The molecule has 0 fully saturated rings. The van der Waals surface area contributed by atoms with Gasteiger partial charge in [-0.25, -0.2) is 4.39 Å². The Hall–Kier alpha value is -1.05. The van der Waals surface area contributed by atoms with Crippen molar-refractivity contribution in [3.8, 4) is 5.75 Å². The van der Waals surface area contributed by atoms with Crippen LogP contribution in [0.25, 0.3) is 0 Å². The molecule has 1 nitrogen and oxygen atoms in total. The van der Waals surface area contributed by atoms with Gasteiger partial charge in [-0.3, -0.25) is 0 Å². The van der Waals surface area contributed by atoms with Crippen molar-refractivity contribution in [1.82, 2.24) is 0 Å². The average molecular weight is 224 g/mol. The number of aromatic hydroxyl groups is 1. The van der Waals surface area contributed by atoms with Crippen LogP contribution < -0.4 is 0 Å². The van der Waals surface area contributed by atoms with E-state index in [1.54, 1.807) is 0 Å². The molecule has 0 radical (unpaired) electrons. The Labute approximate surface area is 97.3 Å². The quantitative estimate of drug-likeness (QED) is 0.795. The van der Waals surface area contributed by atoms with Gasteiger partial charge in [0.1, 0.15) is 11.6 Å². The summed E-state index contributed by atoms with van der Waals surface area (Å²) in [6.45, 7) is 8.05. The molecule has 2 heteroatoms. The van der Waals surface area contributed by atoms with E-state index in [2.05, 4.69) is 13.8 Å². The highest BCUT2D eigenvalue weighted by molar-refractivity contribution is 5.44. The van der Waals surface area contributed by atoms with Crippen molar-refractivity contribution < 1.29 is 9.50 Å². The highest BCUT2D eigenvalue weighted by Gasteiger charge is 2.17. The highest BCUT2D eigenvalue weighted by Crippen LogP contribution is 2.36. The Bertz CT molecular complexity index is 354. The van der Waals surface area contributed by atoms with Gasteiger partial charge >= 0.3 is 0 Å². The first kappa shape index (κ1) is 13.0. The summed E-state index contributed by atoms with van der Waals surface area (Å²) < 4.78 is 13.5. The van der Waals surface area contributed by atoms with Gasteiger partial charge in [0.05, 0.1) is 0 Å². The first-order chi connectivity index (χ1) is 7.51. The molecule has 0 spiro atoms. The van der Waals surface area contributed by atoms with Crippen molar-refractivity contribution in [1.29, 1.82) is 0 Å². The van der Waals surface area contributed by atoms with Crippen LogP contribution in [0.3, 0.4) is 0 Å². The maximum atomic E-state index is 13.5. The Balaban J connectivity index is 3.28. The van der Waals surface area contributed by atoms with Crippen LogP contribution in [0.2, 0.25) is 0 Å². The number of hydrogen-bond donors (Lipinski definition) is 1. The molecule has 90 valence electrons. The molecule has 0 unspecified atom stereocenters. The normalized spacial score (nSPS) is 11.4. The van der Waals surface area contributed by atoms with Crippen LogP contribution >= 0.6 is 0 Å². The molecule has 0 atom stereocenters. The van der Waals surface area contributed by atoms with Gasteiger partial charge in [0.15, 0.2) is 0 Å². The Morgan fingerprint density at radius 3 is 2.06 bits per heavy atom. The fraction of sp³-hybridized carbons (Fsp3) is 0.571. The lowest BCUT2D eigenvalue weighted by Gasteiger charge is -2.18. The van der Waals surface area contributed by atoms with Gasteiger partial charge in [0, 0.05) is 5.56 Å². The number of phenols is 1. The minimum atomic E-state index is -0.247. The highest BCUT2D eigenvalue weighted by atomic mass is 19.1. The largest absolute Gasteiger partial charge is 0.507 e. The van der Waals surface area contributed by atoms with E-state index in [-0.39, 0.29) is 23.4 Å². The van der Waals surface area contributed by atoms with E-state index in [9.17, 15) is 9.50 Å². The molecule has 0 saturated heterocycles. The molecule has 16 heavy (non-hydrogen) atoms. The maximum absolute atomic E-state index is 13.5. The van der Waals surface area contributed by atoms with E-state index in [0.29, 0.717) is 5.56 Å². The Morgan fingerprint density at radius 2 is 1.62 bits per heavy atom. The fourth-order valence-corrected chi connectivity index (χ4v) is 2.12. The molecule has 0 heterocycles. The van der Waals surface area contributed by atoms with Crippen molar-refractivity contribution in [2.75, 3.05) is 0 Å². The first-order valence-corrected chi connectivity index (χ1v) is 6.03. The van der Waals surface area contributed by atoms with Crippen LogP contribution in [-0.4, -0.2) is 5.11 Å². The number of rotatable bonds is 4. The summed E-state index contributed by atoms with van der Waals surface area (Å²) in [6, 6.07) is 2.91. The molecule has 0 aromatic heterocycles. The summed E-state index contributed by atoms with van der Waals surface area (Å²) in [5.41, 5.74) is 1.47.